The SMILES string of the molecule is CC(C)=CCC/C(C)=C\CC/C(C)=C/CC/C(C)=C\CC/C(C)=C/CC/C(C)=C/CC/C(C)=C/CC/C(C)=C\CC/C(C)=C\Cc1cc(O)c(C)c(C)c1O. The Hall–Kier alpha value is -3.52. The first kappa shape index (κ1) is 49.5. The van der Waals surface area contributed by atoms with Crippen LogP contribution in [0.5, 0.6) is 11.5 Å². The van der Waals surface area contributed by atoms with E-state index in [-0.39, 0.29) is 5.75 Å². The molecule has 0 saturated carbocycles. The summed E-state index contributed by atoms with van der Waals surface area (Å²) >= 11 is 0. The molecule has 1 aromatic carbocycles. The van der Waals surface area contributed by atoms with Crippen molar-refractivity contribution in [3.8, 4) is 11.5 Å². The molecule has 0 aliphatic carbocycles. The second-order valence-corrected chi connectivity index (χ2v) is 16.9. The predicted octanol–water partition coefficient (Wildman–Crippen LogP) is 17.0. The number of hydrogen-bond acceptors (Lipinski definition) is 2. The van der Waals surface area contributed by atoms with Gasteiger partial charge in [0.1, 0.15) is 11.5 Å². The molecule has 55 heavy (non-hydrogen) atoms. The molecule has 0 atom stereocenters. The van der Waals surface area contributed by atoms with Gasteiger partial charge in [0.15, 0.2) is 0 Å². The second-order valence-electron chi connectivity index (χ2n) is 16.9. The molecular weight excluding hydrogens is 669 g/mol. The highest BCUT2D eigenvalue weighted by Crippen LogP contribution is 2.32. The molecule has 0 heterocycles. The summed E-state index contributed by atoms with van der Waals surface area (Å²) < 4.78 is 0. The Kier molecular flexibility index (Phi) is 25.9. The van der Waals surface area contributed by atoms with Gasteiger partial charge in [-0.15, -0.1) is 0 Å². The van der Waals surface area contributed by atoms with Gasteiger partial charge >= 0.3 is 0 Å². The van der Waals surface area contributed by atoms with Crippen LogP contribution in [0.2, 0.25) is 0 Å². The quantitative estimate of drug-likeness (QED) is 0.0731. The first-order valence-corrected chi connectivity index (χ1v) is 21.5. The van der Waals surface area contributed by atoms with Gasteiger partial charge in [0.25, 0.3) is 0 Å². The third-order valence-electron chi connectivity index (χ3n) is 10.9. The van der Waals surface area contributed by atoms with Crippen molar-refractivity contribution in [1.29, 1.82) is 0 Å². The normalized spacial score (nSPS) is 14.3. The molecule has 2 heteroatoms. The molecule has 0 spiro atoms. The van der Waals surface area contributed by atoms with Crippen LogP contribution in [0.25, 0.3) is 0 Å². The molecule has 0 fully saturated rings. The van der Waals surface area contributed by atoms with Gasteiger partial charge in [-0.25, -0.2) is 0 Å². The van der Waals surface area contributed by atoms with E-state index >= 15 is 0 Å². The van der Waals surface area contributed by atoms with Gasteiger partial charge in [-0.3, -0.25) is 0 Å². The van der Waals surface area contributed by atoms with E-state index in [2.05, 4.69) is 124 Å². The summed E-state index contributed by atoms with van der Waals surface area (Å²) in [5.74, 6) is 0.554. The molecule has 0 aliphatic heterocycles. The summed E-state index contributed by atoms with van der Waals surface area (Å²) in [6.07, 6.45) is 40.3. The molecule has 1 aromatic rings. The Bertz CT molecular complexity index is 1590. The van der Waals surface area contributed by atoms with E-state index in [0.29, 0.717) is 12.2 Å². The molecule has 0 unspecified atom stereocenters. The number of phenols is 2. The van der Waals surface area contributed by atoms with Crippen molar-refractivity contribution >= 4 is 0 Å². The van der Waals surface area contributed by atoms with Crippen LogP contribution in [0.15, 0.2) is 111 Å². The average Bonchev–Trinajstić information content (AvgIpc) is 3.11. The fourth-order valence-electron chi connectivity index (χ4n) is 6.62. The fourth-order valence-corrected chi connectivity index (χ4v) is 6.62. The topological polar surface area (TPSA) is 40.5 Å². The van der Waals surface area contributed by atoms with Crippen LogP contribution in [-0.4, -0.2) is 10.2 Å². The van der Waals surface area contributed by atoms with Crippen LogP contribution >= 0.6 is 0 Å². The van der Waals surface area contributed by atoms with Crippen LogP contribution in [0, 0.1) is 13.8 Å². The zero-order valence-electron chi connectivity index (χ0n) is 37.7. The van der Waals surface area contributed by atoms with Crippen molar-refractivity contribution in [2.24, 2.45) is 0 Å². The van der Waals surface area contributed by atoms with Gasteiger partial charge < -0.3 is 10.2 Å². The lowest BCUT2D eigenvalue weighted by Gasteiger charge is -2.10. The predicted molar refractivity (Wildman–Crippen MR) is 246 cm³/mol. The van der Waals surface area contributed by atoms with Gasteiger partial charge in [-0.05, 0) is 209 Å². The van der Waals surface area contributed by atoms with E-state index in [1.807, 2.05) is 13.8 Å². The Balaban J connectivity index is 2.28. The van der Waals surface area contributed by atoms with Crippen LogP contribution in [0.3, 0.4) is 0 Å². The Labute approximate surface area is 340 Å². The number of phenolic OH excluding ortho intramolecular Hbond substituents is 2. The van der Waals surface area contributed by atoms with Crippen LogP contribution < -0.4 is 0 Å². The molecule has 0 aromatic heterocycles. The van der Waals surface area contributed by atoms with Crippen molar-refractivity contribution in [2.45, 2.75) is 192 Å². The van der Waals surface area contributed by atoms with Crippen molar-refractivity contribution in [3.05, 3.63) is 128 Å². The zero-order chi connectivity index (χ0) is 41.2. The van der Waals surface area contributed by atoms with E-state index < -0.39 is 0 Å². The lowest BCUT2D eigenvalue weighted by molar-refractivity contribution is 0.448. The van der Waals surface area contributed by atoms with Crippen molar-refractivity contribution in [2.75, 3.05) is 0 Å². The number of hydrogen-bond donors (Lipinski definition) is 2. The molecule has 1 rings (SSSR count). The van der Waals surface area contributed by atoms with E-state index in [1.54, 1.807) is 6.07 Å². The fraction of sp³-hybridized carbons (Fsp3) is 0.547. The van der Waals surface area contributed by atoms with Crippen molar-refractivity contribution < 1.29 is 10.2 Å². The highest BCUT2D eigenvalue weighted by Gasteiger charge is 2.10. The Morgan fingerprint density at radius 3 is 0.909 bits per heavy atom. The minimum atomic E-state index is 0.255. The molecule has 0 radical (unpaired) electrons. The minimum Gasteiger partial charge on any atom is -0.508 e. The number of aromatic hydroxyl groups is 2. The number of allylic oxidation sites excluding steroid dienone is 18. The summed E-state index contributed by atoms with van der Waals surface area (Å²) in [4.78, 5) is 0. The van der Waals surface area contributed by atoms with Gasteiger partial charge in [0.2, 0.25) is 0 Å². The summed E-state index contributed by atoms with van der Waals surface area (Å²) in [5, 5.41) is 20.6. The van der Waals surface area contributed by atoms with Gasteiger partial charge in [0, 0.05) is 5.56 Å². The minimum absolute atomic E-state index is 0.255. The van der Waals surface area contributed by atoms with Crippen LogP contribution in [0.1, 0.15) is 189 Å². The maximum atomic E-state index is 10.4. The third-order valence-corrected chi connectivity index (χ3v) is 10.9. The molecule has 2 N–H and O–H groups in total. The molecule has 306 valence electrons. The lowest BCUT2D eigenvalue weighted by atomic mass is 9.99. The second kappa shape index (κ2) is 28.8. The Morgan fingerprint density at radius 1 is 0.382 bits per heavy atom. The molecule has 2 nitrogen and oxygen atoms in total. The first-order valence-electron chi connectivity index (χ1n) is 21.5. The number of benzene rings is 1. The summed E-state index contributed by atoms with van der Waals surface area (Å²) in [6, 6.07) is 1.69. The highest BCUT2D eigenvalue weighted by molar-refractivity contribution is 5.51. The van der Waals surface area contributed by atoms with E-state index in [0.717, 1.165) is 100 Å². The van der Waals surface area contributed by atoms with Gasteiger partial charge in [0.05, 0.1) is 0 Å². The first-order chi connectivity index (χ1) is 26.1. The monoisotopic (exact) mass is 751 g/mol. The third kappa shape index (κ3) is 24.6. The van der Waals surface area contributed by atoms with E-state index in [4.69, 9.17) is 0 Å². The standard InChI is InChI=1S/C53H82O2/c1-40(2)21-13-22-41(3)23-14-24-42(4)25-15-26-43(5)27-16-28-44(6)29-17-30-45(7)31-18-32-46(8)33-19-34-47(9)35-20-36-48(10)37-38-51-39-52(54)49(11)50(12)53(51)55/h21,23,25,27,29,31,33,35,37,39,54-55H,13-20,22,24,26,28,30,32,34,36,38H2,1-12H3/b41-23-,42-25+,43-27-,44-29+,45-31+,46-33+,47-35-,48-37-. The highest BCUT2D eigenvalue weighted by atomic mass is 16.3. The smallest absolute Gasteiger partial charge is 0.122 e. The van der Waals surface area contributed by atoms with Crippen molar-refractivity contribution in [1.82, 2.24) is 0 Å². The molecular formula is C53H82O2. The summed E-state index contributed by atoms with van der Waals surface area (Å²) in [5.41, 5.74) is 15.5. The van der Waals surface area contributed by atoms with Crippen LogP contribution in [-0.2, 0) is 6.42 Å². The summed E-state index contributed by atoms with van der Waals surface area (Å²) in [6.45, 7) is 26.2. The Morgan fingerprint density at radius 2 is 0.636 bits per heavy atom. The molecule has 0 aliphatic rings. The average molecular weight is 751 g/mol. The van der Waals surface area contributed by atoms with Crippen molar-refractivity contribution in [3.63, 3.8) is 0 Å². The number of rotatable bonds is 26. The lowest BCUT2D eigenvalue weighted by Crippen LogP contribution is -1.91. The van der Waals surface area contributed by atoms with Gasteiger partial charge in [-0.2, -0.15) is 0 Å². The molecule has 0 amide bonds. The zero-order valence-corrected chi connectivity index (χ0v) is 37.7. The van der Waals surface area contributed by atoms with E-state index in [1.165, 1.54) is 69.4 Å². The summed E-state index contributed by atoms with van der Waals surface area (Å²) in [7, 11) is 0. The maximum Gasteiger partial charge on any atom is 0.122 e. The maximum absolute atomic E-state index is 10.4. The molecule has 0 bridgehead atoms. The largest absolute Gasteiger partial charge is 0.508 e. The van der Waals surface area contributed by atoms with E-state index in [9.17, 15) is 10.2 Å². The van der Waals surface area contributed by atoms with Crippen LogP contribution in [0.4, 0.5) is 0 Å². The van der Waals surface area contributed by atoms with Gasteiger partial charge in [-0.1, -0.05) is 105 Å². The molecule has 0 saturated heterocycles.